The van der Waals surface area contributed by atoms with E-state index in [9.17, 15) is 5.11 Å². The van der Waals surface area contributed by atoms with Crippen LogP contribution in [-0.4, -0.2) is 35.3 Å². The van der Waals surface area contributed by atoms with Gasteiger partial charge in [0.15, 0.2) is 0 Å². The molecule has 1 fully saturated rings. The second kappa shape index (κ2) is 11.0. The minimum absolute atomic E-state index is 0.0540. The number of rotatable bonds is 9. The van der Waals surface area contributed by atoms with Crippen LogP contribution in [0.15, 0.2) is 55.3 Å². The number of aliphatic hydroxyl groups is 1. The van der Waals surface area contributed by atoms with Gasteiger partial charge in [-0.05, 0) is 73.2 Å². The van der Waals surface area contributed by atoms with Gasteiger partial charge in [-0.1, -0.05) is 36.9 Å². The topological polar surface area (TPSA) is 70.5 Å². The Kier molecular flexibility index (Phi) is 7.85. The molecule has 7 heteroatoms. The lowest BCUT2D eigenvalue weighted by molar-refractivity contribution is 0.401. The summed E-state index contributed by atoms with van der Waals surface area (Å²) in [5, 5.41) is 13.5. The van der Waals surface area contributed by atoms with Gasteiger partial charge < -0.3 is 20.1 Å². The number of nitrogens with zero attached hydrogens (tertiary/aromatic N) is 3. The zero-order valence-electron chi connectivity index (χ0n) is 21.2. The van der Waals surface area contributed by atoms with Crippen LogP contribution < -0.4 is 15.0 Å². The first-order chi connectivity index (χ1) is 17.2. The predicted octanol–water partition coefficient (Wildman–Crippen LogP) is 6.64. The fourth-order valence-corrected chi connectivity index (χ4v) is 4.94. The number of halogens is 1. The number of aromatic nitrogens is 2. The number of aryl methyl sites for hydroxylation is 2. The molecule has 1 aliphatic rings. The van der Waals surface area contributed by atoms with Crippen molar-refractivity contribution in [3.8, 4) is 5.75 Å². The summed E-state index contributed by atoms with van der Waals surface area (Å²) in [4.78, 5) is 11.6. The van der Waals surface area contributed by atoms with E-state index in [4.69, 9.17) is 21.3 Å². The van der Waals surface area contributed by atoms with Crippen molar-refractivity contribution in [1.82, 2.24) is 9.97 Å². The van der Waals surface area contributed by atoms with E-state index in [1.807, 2.05) is 26.0 Å². The van der Waals surface area contributed by atoms with Gasteiger partial charge in [0.1, 0.15) is 22.5 Å². The summed E-state index contributed by atoms with van der Waals surface area (Å²) in [6.07, 6.45) is 3.04. The minimum atomic E-state index is 0.0540. The maximum atomic E-state index is 9.77. The SMILES string of the molecule is C=C(O)Cc1c(Cl)nc(Cc2ccc(NC(=C)c3cc(C)c(OC)c(C)c3)cc2)nc1N1CCCC1. The molecule has 2 aromatic carbocycles. The number of methoxy groups -OCH3 is 1. The van der Waals surface area contributed by atoms with E-state index in [0.29, 0.717) is 17.4 Å². The summed E-state index contributed by atoms with van der Waals surface area (Å²) in [6.45, 7) is 13.8. The molecule has 2 heterocycles. The van der Waals surface area contributed by atoms with Gasteiger partial charge in [0.25, 0.3) is 0 Å². The fraction of sp³-hybridized carbons (Fsp3) is 0.310. The molecule has 0 aliphatic carbocycles. The third-order valence-electron chi connectivity index (χ3n) is 6.39. The lowest BCUT2D eigenvalue weighted by Gasteiger charge is -2.21. The van der Waals surface area contributed by atoms with E-state index in [-0.39, 0.29) is 12.2 Å². The lowest BCUT2D eigenvalue weighted by Crippen LogP contribution is -2.22. The van der Waals surface area contributed by atoms with Crippen LogP contribution in [0.3, 0.4) is 0 Å². The van der Waals surface area contributed by atoms with Crippen molar-refractivity contribution in [3.05, 3.63) is 94.1 Å². The van der Waals surface area contributed by atoms with Crippen LogP contribution in [0.1, 0.15) is 46.5 Å². The largest absolute Gasteiger partial charge is 0.513 e. The van der Waals surface area contributed by atoms with Crippen molar-refractivity contribution in [2.45, 2.75) is 39.5 Å². The van der Waals surface area contributed by atoms with Gasteiger partial charge >= 0.3 is 0 Å². The van der Waals surface area contributed by atoms with Gasteiger partial charge in [-0.2, -0.15) is 0 Å². The van der Waals surface area contributed by atoms with Crippen molar-refractivity contribution in [2.75, 3.05) is 30.4 Å². The average Bonchev–Trinajstić information content (AvgIpc) is 3.36. The van der Waals surface area contributed by atoms with Gasteiger partial charge in [0.2, 0.25) is 0 Å². The van der Waals surface area contributed by atoms with Crippen molar-refractivity contribution >= 4 is 28.8 Å². The molecular formula is C29H33ClN4O2. The standard InChI is InChI=1S/C29H33ClN4O2/c1-18-14-23(15-19(2)27(18)36-5)21(4)31-24-10-8-22(9-11-24)17-26-32-28(30)25(16-20(3)35)29(33-26)34-12-6-7-13-34/h8-11,14-15,31,35H,3-4,6-7,12-13,16-17H2,1-2,5H3. The van der Waals surface area contributed by atoms with E-state index in [1.54, 1.807) is 7.11 Å². The fourth-order valence-electron chi connectivity index (χ4n) is 4.69. The molecule has 1 aliphatic heterocycles. The van der Waals surface area contributed by atoms with Crippen LogP contribution in [0, 0.1) is 13.8 Å². The lowest BCUT2D eigenvalue weighted by atomic mass is 10.0. The molecule has 188 valence electrons. The second-order valence-corrected chi connectivity index (χ2v) is 9.65. The normalized spacial score (nSPS) is 13.1. The molecule has 1 aromatic heterocycles. The van der Waals surface area contributed by atoms with E-state index >= 15 is 0 Å². The van der Waals surface area contributed by atoms with Crippen molar-refractivity contribution in [3.63, 3.8) is 0 Å². The van der Waals surface area contributed by atoms with Gasteiger partial charge in [0.05, 0.1) is 12.9 Å². The molecule has 36 heavy (non-hydrogen) atoms. The highest BCUT2D eigenvalue weighted by Gasteiger charge is 2.22. The average molecular weight is 505 g/mol. The number of nitrogens with one attached hydrogen (secondary N) is 1. The molecule has 3 aromatic rings. The van der Waals surface area contributed by atoms with Crippen LogP contribution in [-0.2, 0) is 12.8 Å². The van der Waals surface area contributed by atoms with Crippen LogP contribution in [0.5, 0.6) is 5.75 Å². The molecule has 2 N–H and O–H groups in total. The van der Waals surface area contributed by atoms with Gasteiger partial charge in [0, 0.05) is 42.9 Å². The number of hydrogen-bond acceptors (Lipinski definition) is 6. The highest BCUT2D eigenvalue weighted by Crippen LogP contribution is 2.30. The quantitative estimate of drug-likeness (QED) is 0.251. The summed E-state index contributed by atoms with van der Waals surface area (Å²) >= 11 is 6.55. The summed E-state index contributed by atoms with van der Waals surface area (Å²) in [5.41, 5.74) is 6.76. The summed E-state index contributed by atoms with van der Waals surface area (Å²) in [5.74, 6) is 2.42. The third-order valence-corrected chi connectivity index (χ3v) is 6.70. The molecule has 0 radical (unpaired) electrons. The van der Waals surface area contributed by atoms with Crippen molar-refractivity contribution in [1.29, 1.82) is 0 Å². The van der Waals surface area contributed by atoms with Gasteiger partial charge in [-0.25, -0.2) is 9.97 Å². The Balaban J connectivity index is 1.49. The first-order valence-electron chi connectivity index (χ1n) is 12.1. The van der Waals surface area contributed by atoms with Crippen LogP contribution in [0.4, 0.5) is 11.5 Å². The second-order valence-electron chi connectivity index (χ2n) is 9.29. The number of benzene rings is 2. The number of hydrogen-bond donors (Lipinski definition) is 2. The zero-order chi connectivity index (χ0) is 25.8. The van der Waals surface area contributed by atoms with E-state index < -0.39 is 0 Å². The molecule has 0 unspecified atom stereocenters. The van der Waals surface area contributed by atoms with Gasteiger partial charge in [-0.15, -0.1) is 0 Å². The molecule has 0 bridgehead atoms. The maximum absolute atomic E-state index is 9.77. The molecule has 4 rings (SSSR count). The molecule has 0 atom stereocenters. The monoisotopic (exact) mass is 504 g/mol. The Morgan fingerprint density at radius 1 is 1.08 bits per heavy atom. The van der Waals surface area contributed by atoms with Gasteiger partial charge in [-0.3, -0.25) is 0 Å². The number of anilines is 2. The summed E-state index contributed by atoms with van der Waals surface area (Å²) in [7, 11) is 1.69. The van der Waals surface area contributed by atoms with Crippen LogP contribution >= 0.6 is 11.6 Å². The van der Waals surface area contributed by atoms with E-state index in [1.165, 1.54) is 0 Å². The third kappa shape index (κ3) is 5.82. The zero-order valence-corrected chi connectivity index (χ0v) is 22.0. The number of allylic oxidation sites excluding steroid dienone is 1. The Labute approximate surface area is 218 Å². The first kappa shape index (κ1) is 25.6. The van der Waals surface area contributed by atoms with E-state index in [0.717, 1.165) is 76.7 Å². The van der Waals surface area contributed by atoms with Crippen LogP contribution in [0.2, 0.25) is 5.15 Å². The maximum Gasteiger partial charge on any atom is 0.138 e. The molecule has 6 nitrogen and oxygen atoms in total. The minimum Gasteiger partial charge on any atom is -0.513 e. The Morgan fingerprint density at radius 2 is 1.72 bits per heavy atom. The predicted molar refractivity (Wildman–Crippen MR) is 148 cm³/mol. The van der Waals surface area contributed by atoms with E-state index in [2.05, 4.69) is 52.6 Å². The molecule has 0 amide bonds. The molecular weight excluding hydrogens is 472 g/mol. The summed E-state index contributed by atoms with van der Waals surface area (Å²) in [6, 6.07) is 12.3. The van der Waals surface area contributed by atoms with Crippen LogP contribution in [0.25, 0.3) is 5.70 Å². The Bertz CT molecular complexity index is 1260. The van der Waals surface area contributed by atoms with Crippen molar-refractivity contribution in [2.24, 2.45) is 0 Å². The Morgan fingerprint density at radius 3 is 2.31 bits per heavy atom. The smallest absolute Gasteiger partial charge is 0.138 e. The molecule has 1 saturated heterocycles. The highest BCUT2D eigenvalue weighted by atomic mass is 35.5. The highest BCUT2D eigenvalue weighted by molar-refractivity contribution is 6.30. The number of aliphatic hydroxyl groups excluding tert-OH is 1. The molecule has 0 spiro atoms. The first-order valence-corrected chi connectivity index (χ1v) is 12.5. The number of ether oxygens (including phenoxy) is 1. The summed E-state index contributed by atoms with van der Waals surface area (Å²) < 4.78 is 5.47. The Hall–Kier alpha value is -3.51. The van der Waals surface area contributed by atoms with Crippen molar-refractivity contribution < 1.29 is 9.84 Å². The molecule has 0 saturated carbocycles.